The van der Waals surface area contributed by atoms with E-state index in [1.807, 2.05) is 0 Å². The summed E-state index contributed by atoms with van der Waals surface area (Å²) in [5, 5.41) is 3.93. The highest BCUT2D eigenvalue weighted by Gasteiger charge is 2.13. The van der Waals surface area contributed by atoms with E-state index < -0.39 is 10.0 Å². The van der Waals surface area contributed by atoms with Crippen molar-refractivity contribution in [3.8, 4) is 11.5 Å². The number of hydrogen-bond donors (Lipinski definition) is 2. The van der Waals surface area contributed by atoms with Crippen LogP contribution in [0.1, 0.15) is 0 Å². The number of nitrogens with one attached hydrogen (secondary N) is 2. The van der Waals surface area contributed by atoms with Crippen molar-refractivity contribution in [1.82, 2.24) is 9.71 Å². The van der Waals surface area contributed by atoms with E-state index in [-0.39, 0.29) is 13.2 Å². The molecule has 2 aromatic rings. The van der Waals surface area contributed by atoms with Gasteiger partial charge in [-0.05, 0) is 6.07 Å². The molecule has 146 valence electrons. The summed E-state index contributed by atoms with van der Waals surface area (Å²) in [6, 6.07) is 3.52. The van der Waals surface area contributed by atoms with Gasteiger partial charge in [0, 0.05) is 30.7 Å². The number of aromatic nitrogens is 1. The Morgan fingerprint density at radius 3 is 2.44 bits per heavy atom. The van der Waals surface area contributed by atoms with Crippen molar-refractivity contribution >= 4 is 32.3 Å². The second-order valence-electron chi connectivity index (χ2n) is 5.56. The molecule has 2 rings (SSSR count). The molecule has 27 heavy (non-hydrogen) atoms. The summed E-state index contributed by atoms with van der Waals surface area (Å²) in [5.41, 5.74) is 1.68. The van der Waals surface area contributed by atoms with Crippen molar-refractivity contribution in [3.63, 3.8) is 0 Å². The first-order valence-corrected chi connectivity index (χ1v) is 9.97. The van der Waals surface area contributed by atoms with E-state index in [9.17, 15) is 8.42 Å². The third kappa shape index (κ3) is 5.68. The zero-order chi connectivity index (χ0) is 19.9. The summed E-state index contributed by atoms with van der Waals surface area (Å²) in [5.74, 6) is 1.10. The van der Waals surface area contributed by atoms with Gasteiger partial charge in [0.1, 0.15) is 0 Å². The molecule has 0 bridgehead atoms. The smallest absolute Gasteiger partial charge is 0.227 e. The van der Waals surface area contributed by atoms with Gasteiger partial charge >= 0.3 is 0 Å². The van der Waals surface area contributed by atoms with Gasteiger partial charge in [0.15, 0.2) is 11.5 Å². The van der Waals surface area contributed by atoms with Crippen LogP contribution in [0.2, 0.25) is 0 Å². The van der Waals surface area contributed by atoms with E-state index in [1.165, 1.54) is 6.20 Å². The van der Waals surface area contributed by atoms with Gasteiger partial charge in [0.2, 0.25) is 15.7 Å². The number of methoxy groups -OCH3 is 2. The average Bonchev–Trinajstić information content (AvgIpc) is 2.64. The van der Waals surface area contributed by atoms with E-state index in [2.05, 4.69) is 19.9 Å². The van der Waals surface area contributed by atoms with Gasteiger partial charge in [-0.15, -0.1) is 0 Å². The lowest BCUT2D eigenvalue weighted by Gasteiger charge is -2.14. The Labute approximate surface area is 158 Å². The van der Waals surface area contributed by atoms with E-state index >= 15 is 0 Å². The molecule has 1 heterocycles. The van der Waals surface area contributed by atoms with Crippen LogP contribution in [0, 0.1) is 6.57 Å². The second-order valence-corrected chi connectivity index (χ2v) is 7.39. The molecule has 0 atom stereocenters. The Balaban J connectivity index is 2.08. The molecule has 2 N–H and O–H groups in total. The third-order valence-corrected chi connectivity index (χ3v) is 4.36. The van der Waals surface area contributed by atoms with Crippen LogP contribution in [-0.2, 0) is 14.8 Å². The molecule has 0 saturated carbocycles. The minimum atomic E-state index is -3.21. The first-order chi connectivity index (χ1) is 12.9. The quantitative estimate of drug-likeness (QED) is 0.468. The minimum Gasteiger partial charge on any atom is -0.493 e. The van der Waals surface area contributed by atoms with Crippen molar-refractivity contribution in [2.45, 2.75) is 0 Å². The van der Waals surface area contributed by atoms with E-state index in [0.717, 1.165) is 11.6 Å². The molecule has 9 nitrogen and oxygen atoms in total. The molecule has 1 aromatic heterocycles. The summed E-state index contributed by atoms with van der Waals surface area (Å²) in [7, 11) is -0.123. The zero-order valence-corrected chi connectivity index (χ0v) is 16.2. The molecule has 0 aliphatic heterocycles. The molecule has 0 aliphatic carbocycles. The van der Waals surface area contributed by atoms with Crippen molar-refractivity contribution in [2.75, 3.05) is 52.1 Å². The molecule has 1 aromatic carbocycles. The molecular weight excluding hydrogens is 372 g/mol. The normalized spacial score (nSPS) is 11.2. The Kier molecular flexibility index (Phi) is 7.18. The lowest BCUT2D eigenvalue weighted by Crippen LogP contribution is -2.26. The average molecular weight is 394 g/mol. The summed E-state index contributed by atoms with van der Waals surface area (Å²) >= 11 is 0. The van der Waals surface area contributed by atoms with Gasteiger partial charge < -0.3 is 19.5 Å². The Hall–Kier alpha value is -2.61. The highest BCUT2D eigenvalue weighted by atomic mass is 32.2. The molecule has 0 amide bonds. The van der Waals surface area contributed by atoms with Crippen molar-refractivity contribution in [1.29, 1.82) is 0 Å². The van der Waals surface area contributed by atoms with Crippen LogP contribution < -0.4 is 19.5 Å². The molecule has 0 unspecified atom stereocenters. The van der Waals surface area contributed by atoms with Crippen LogP contribution in [0.3, 0.4) is 0 Å². The van der Waals surface area contributed by atoms with Crippen LogP contribution in [-0.4, -0.2) is 60.2 Å². The fourth-order valence-electron chi connectivity index (χ4n) is 2.43. The molecule has 0 radical (unpaired) electrons. The molecule has 0 spiro atoms. The number of nitrogens with zero attached hydrogens (tertiary/aromatic N) is 2. The maximum atomic E-state index is 11.0. The lowest BCUT2D eigenvalue weighted by atomic mass is 10.1. The largest absolute Gasteiger partial charge is 0.493 e. The Bertz CT molecular complexity index is 940. The molecule has 0 saturated heterocycles. The molecule has 0 aliphatic rings. The summed E-state index contributed by atoms with van der Waals surface area (Å²) in [6.45, 7) is 8.61. The number of fused-ring (bicyclic) bond motifs is 1. The second kappa shape index (κ2) is 9.36. The SMILES string of the molecule is [C-]#[N+]c1cnc2cc(OC)c(OC)cc2c1NCCOCCNS(C)(=O)=O. The minimum absolute atomic E-state index is 0.210. The highest BCUT2D eigenvalue weighted by molar-refractivity contribution is 7.88. The third-order valence-electron chi connectivity index (χ3n) is 3.63. The zero-order valence-electron chi connectivity index (χ0n) is 15.4. The summed E-state index contributed by atoms with van der Waals surface area (Å²) < 4.78 is 40.3. The van der Waals surface area contributed by atoms with E-state index in [0.29, 0.717) is 41.5 Å². The maximum absolute atomic E-state index is 11.0. The van der Waals surface area contributed by atoms with Crippen LogP contribution in [0.5, 0.6) is 11.5 Å². The molecular formula is C17H22N4O5S. The number of sulfonamides is 1. The van der Waals surface area contributed by atoms with E-state index in [1.54, 1.807) is 26.4 Å². The Morgan fingerprint density at radius 2 is 1.81 bits per heavy atom. The van der Waals surface area contributed by atoms with Crippen molar-refractivity contribution in [3.05, 3.63) is 29.7 Å². The lowest BCUT2D eigenvalue weighted by molar-refractivity contribution is 0.149. The monoisotopic (exact) mass is 394 g/mol. The predicted molar refractivity (Wildman–Crippen MR) is 103 cm³/mol. The number of pyridine rings is 1. The number of hydrogen-bond acceptors (Lipinski definition) is 7. The molecule has 10 heteroatoms. The highest BCUT2D eigenvalue weighted by Crippen LogP contribution is 2.38. The van der Waals surface area contributed by atoms with Crippen LogP contribution >= 0.6 is 0 Å². The maximum Gasteiger partial charge on any atom is 0.227 e. The van der Waals surface area contributed by atoms with Crippen molar-refractivity contribution in [2.24, 2.45) is 0 Å². The van der Waals surface area contributed by atoms with Gasteiger partial charge in [-0.1, -0.05) is 0 Å². The van der Waals surface area contributed by atoms with Crippen LogP contribution in [0.15, 0.2) is 18.3 Å². The number of rotatable bonds is 10. The van der Waals surface area contributed by atoms with Gasteiger partial charge in [0.25, 0.3) is 0 Å². The number of ether oxygens (including phenoxy) is 3. The fraction of sp³-hybridized carbons (Fsp3) is 0.412. The van der Waals surface area contributed by atoms with Gasteiger partial charge in [0.05, 0.1) is 51.5 Å². The topological polar surface area (TPSA) is 103 Å². The van der Waals surface area contributed by atoms with Crippen molar-refractivity contribution < 1.29 is 22.6 Å². The van der Waals surface area contributed by atoms with Gasteiger partial charge in [-0.25, -0.2) is 18.0 Å². The fourth-order valence-corrected chi connectivity index (χ4v) is 2.88. The molecule has 0 fully saturated rings. The van der Waals surface area contributed by atoms with E-state index in [4.69, 9.17) is 20.8 Å². The van der Waals surface area contributed by atoms with Gasteiger partial charge in [-0.2, -0.15) is 0 Å². The summed E-state index contributed by atoms with van der Waals surface area (Å²) in [4.78, 5) is 7.81. The predicted octanol–water partition coefficient (Wildman–Crippen LogP) is 1.78. The van der Waals surface area contributed by atoms with Crippen LogP contribution in [0.4, 0.5) is 11.4 Å². The standard InChI is InChI=1S/C17H22N4O5S/c1-18-14-11-20-13-10-16(25-3)15(24-2)9-12(13)17(14)19-5-7-26-8-6-21-27(4,22)23/h9-11,21H,5-8H2,2-4H3,(H,19,20). The Morgan fingerprint density at radius 1 is 1.15 bits per heavy atom. The first kappa shape index (κ1) is 20.7. The van der Waals surface area contributed by atoms with Gasteiger partial charge in [-0.3, -0.25) is 4.98 Å². The van der Waals surface area contributed by atoms with Crippen LogP contribution in [0.25, 0.3) is 15.7 Å². The number of benzene rings is 1. The first-order valence-electron chi connectivity index (χ1n) is 8.08. The summed E-state index contributed by atoms with van der Waals surface area (Å²) in [6.07, 6.45) is 2.60. The number of anilines is 1.